The number of hydrogen-bond donors (Lipinski definition) is 3. The average molecular weight is 586 g/mol. The fourth-order valence-corrected chi connectivity index (χ4v) is 4.09. The standard InChI is InChI=1S/C27H28ClN5O8/c1-5-39-26(35)23-15(2)31-27(36)32-24(23)17-6-7-19(20(12-17)37-3)41-14-22(34)33-30-13-16-10-18(28)25(40-9-8-29)21(11-16)38-4/h6-7,10-13,24H,5,9,14H2,1-4H3,(H,33,34)(H2,31,32,36)/b30-13-/t24-/m0/s1. The molecule has 41 heavy (non-hydrogen) atoms. The van der Waals surface area contributed by atoms with Crippen molar-refractivity contribution >= 4 is 35.7 Å². The Morgan fingerprint density at radius 2 is 1.90 bits per heavy atom. The van der Waals surface area contributed by atoms with Crippen LogP contribution in [0.1, 0.15) is 31.0 Å². The summed E-state index contributed by atoms with van der Waals surface area (Å²) in [7, 11) is 2.84. The van der Waals surface area contributed by atoms with Gasteiger partial charge in [0, 0.05) is 5.70 Å². The number of halogens is 1. The van der Waals surface area contributed by atoms with Crippen molar-refractivity contribution in [3.8, 4) is 29.1 Å². The normalized spacial score (nSPS) is 14.4. The van der Waals surface area contributed by atoms with Crippen LogP contribution in [0.15, 0.2) is 46.7 Å². The van der Waals surface area contributed by atoms with E-state index < -0.39 is 30.6 Å². The minimum absolute atomic E-state index is 0.172. The molecular weight excluding hydrogens is 558 g/mol. The van der Waals surface area contributed by atoms with Gasteiger partial charge < -0.3 is 34.3 Å². The second kappa shape index (κ2) is 14.4. The molecule has 1 aliphatic heterocycles. The number of hydrazone groups is 1. The molecular formula is C27H28ClN5O8. The Bertz CT molecular complexity index is 1420. The van der Waals surface area contributed by atoms with Gasteiger partial charge in [0.2, 0.25) is 0 Å². The summed E-state index contributed by atoms with van der Waals surface area (Å²) in [6.45, 7) is 2.87. The lowest BCUT2D eigenvalue weighted by molar-refractivity contribution is -0.139. The van der Waals surface area contributed by atoms with Crippen molar-refractivity contribution < 1.29 is 38.1 Å². The Kier molecular flexibility index (Phi) is 10.8. The van der Waals surface area contributed by atoms with Gasteiger partial charge in [-0.05, 0) is 49.2 Å². The number of ether oxygens (including phenoxy) is 5. The minimum atomic E-state index is -0.789. The van der Waals surface area contributed by atoms with Crippen molar-refractivity contribution in [3.63, 3.8) is 0 Å². The van der Waals surface area contributed by atoms with Crippen LogP contribution < -0.4 is 35.0 Å². The zero-order valence-corrected chi connectivity index (χ0v) is 23.5. The number of carbonyl (C=O) groups is 3. The van der Waals surface area contributed by atoms with E-state index >= 15 is 0 Å². The first-order valence-electron chi connectivity index (χ1n) is 12.2. The van der Waals surface area contributed by atoms with Crippen molar-refractivity contribution in [3.05, 3.63) is 57.8 Å². The summed E-state index contributed by atoms with van der Waals surface area (Å²) in [5, 5.41) is 18.1. The van der Waals surface area contributed by atoms with Crippen LogP contribution in [-0.2, 0) is 14.3 Å². The van der Waals surface area contributed by atoms with Gasteiger partial charge in [0.1, 0.15) is 6.07 Å². The summed E-state index contributed by atoms with van der Waals surface area (Å²) in [4.78, 5) is 37.0. The van der Waals surface area contributed by atoms with Crippen molar-refractivity contribution in [2.45, 2.75) is 19.9 Å². The Hall–Kier alpha value is -4.96. The molecule has 0 fully saturated rings. The highest BCUT2D eigenvalue weighted by Crippen LogP contribution is 2.36. The molecule has 0 saturated carbocycles. The molecule has 0 aromatic heterocycles. The van der Waals surface area contributed by atoms with Crippen LogP contribution in [0.5, 0.6) is 23.0 Å². The van der Waals surface area contributed by atoms with Crippen LogP contribution in [-0.4, -0.2) is 58.2 Å². The van der Waals surface area contributed by atoms with Crippen LogP contribution in [0, 0.1) is 11.3 Å². The monoisotopic (exact) mass is 585 g/mol. The highest BCUT2D eigenvalue weighted by molar-refractivity contribution is 6.32. The maximum atomic E-state index is 12.6. The first kappa shape index (κ1) is 30.6. The van der Waals surface area contributed by atoms with Gasteiger partial charge in [-0.3, -0.25) is 4.79 Å². The van der Waals surface area contributed by atoms with Crippen molar-refractivity contribution in [2.24, 2.45) is 5.10 Å². The van der Waals surface area contributed by atoms with Crippen LogP contribution in [0.4, 0.5) is 4.79 Å². The molecule has 216 valence electrons. The molecule has 1 heterocycles. The Labute approximate surface area is 241 Å². The molecule has 3 rings (SSSR count). The first-order chi connectivity index (χ1) is 19.7. The fourth-order valence-electron chi connectivity index (χ4n) is 3.82. The molecule has 0 unspecified atom stereocenters. The molecule has 0 spiro atoms. The Morgan fingerprint density at radius 1 is 1.15 bits per heavy atom. The molecule has 13 nitrogen and oxygen atoms in total. The number of carbonyl (C=O) groups excluding carboxylic acids is 3. The van der Waals surface area contributed by atoms with Gasteiger partial charge in [-0.1, -0.05) is 17.7 Å². The zero-order chi connectivity index (χ0) is 29.9. The lowest BCUT2D eigenvalue weighted by Gasteiger charge is -2.28. The lowest BCUT2D eigenvalue weighted by atomic mass is 9.95. The van der Waals surface area contributed by atoms with Crippen LogP contribution in [0.3, 0.4) is 0 Å². The van der Waals surface area contributed by atoms with E-state index in [4.69, 9.17) is 40.5 Å². The Morgan fingerprint density at radius 3 is 2.59 bits per heavy atom. The smallest absolute Gasteiger partial charge is 0.338 e. The van der Waals surface area contributed by atoms with Gasteiger partial charge in [0.05, 0.1) is 43.7 Å². The second-order valence-electron chi connectivity index (χ2n) is 8.26. The number of hydrogen-bond acceptors (Lipinski definition) is 10. The topological polar surface area (TPSA) is 170 Å². The fraction of sp³-hybridized carbons (Fsp3) is 0.296. The predicted molar refractivity (Wildman–Crippen MR) is 147 cm³/mol. The molecule has 1 aliphatic rings. The predicted octanol–water partition coefficient (Wildman–Crippen LogP) is 2.98. The maximum Gasteiger partial charge on any atom is 0.338 e. The quantitative estimate of drug-likeness (QED) is 0.192. The van der Waals surface area contributed by atoms with Gasteiger partial charge >= 0.3 is 12.0 Å². The third-order valence-corrected chi connectivity index (χ3v) is 5.86. The molecule has 0 aliphatic carbocycles. The average Bonchev–Trinajstić information content (AvgIpc) is 2.94. The van der Waals surface area contributed by atoms with E-state index in [0.29, 0.717) is 22.6 Å². The molecule has 0 radical (unpaired) electrons. The van der Waals surface area contributed by atoms with Gasteiger partial charge in [0.15, 0.2) is 36.2 Å². The number of nitriles is 1. The van der Waals surface area contributed by atoms with E-state index in [0.717, 1.165) is 0 Å². The third kappa shape index (κ3) is 7.80. The number of amides is 3. The van der Waals surface area contributed by atoms with Gasteiger partial charge in [-0.15, -0.1) is 0 Å². The van der Waals surface area contributed by atoms with Crippen molar-refractivity contribution in [1.82, 2.24) is 16.1 Å². The summed E-state index contributed by atoms with van der Waals surface area (Å²) < 4.78 is 26.7. The number of benzene rings is 2. The second-order valence-corrected chi connectivity index (χ2v) is 8.67. The number of nitrogens with one attached hydrogen (secondary N) is 3. The van der Waals surface area contributed by atoms with Gasteiger partial charge in [0.25, 0.3) is 5.91 Å². The number of rotatable bonds is 12. The highest BCUT2D eigenvalue weighted by atomic mass is 35.5. The van der Waals surface area contributed by atoms with Crippen molar-refractivity contribution in [2.75, 3.05) is 34.0 Å². The third-order valence-electron chi connectivity index (χ3n) is 5.58. The maximum absolute atomic E-state index is 12.6. The Balaban J connectivity index is 1.67. The van der Waals surface area contributed by atoms with E-state index in [1.54, 1.807) is 38.1 Å². The van der Waals surface area contributed by atoms with E-state index in [2.05, 4.69) is 21.2 Å². The summed E-state index contributed by atoms with van der Waals surface area (Å²) in [6, 6.07) is 8.48. The minimum Gasteiger partial charge on any atom is -0.493 e. The largest absolute Gasteiger partial charge is 0.493 e. The number of esters is 1. The molecule has 2 aromatic rings. The molecule has 14 heteroatoms. The highest BCUT2D eigenvalue weighted by Gasteiger charge is 2.32. The lowest BCUT2D eigenvalue weighted by Crippen LogP contribution is -2.45. The van der Waals surface area contributed by atoms with Gasteiger partial charge in [-0.25, -0.2) is 15.0 Å². The summed E-state index contributed by atoms with van der Waals surface area (Å²) in [5.74, 6) is -0.0952. The van der Waals surface area contributed by atoms with E-state index in [1.165, 1.54) is 26.5 Å². The summed E-state index contributed by atoms with van der Waals surface area (Å²) >= 11 is 6.20. The molecule has 3 amide bonds. The number of urea groups is 1. The zero-order valence-electron chi connectivity index (χ0n) is 22.7. The summed E-state index contributed by atoms with van der Waals surface area (Å²) in [5.41, 5.74) is 4.01. The summed E-state index contributed by atoms with van der Waals surface area (Å²) in [6.07, 6.45) is 1.35. The SMILES string of the molecule is CCOC(=O)C1=C(C)NC(=O)N[C@H]1c1ccc(OCC(=O)N/N=C\c2cc(Cl)c(OCC#N)c(OC)c2)c(OC)c1. The number of methoxy groups -OCH3 is 2. The molecule has 1 atom stereocenters. The van der Waals surface area contributed by atoms with E-state index in [1.807, 2.05) is 6.07 Å². The van der Waals surface area contributed by atoms with E-state index in [9.17, 15) is 14.4 Å². The molecule has 3 N–H and O–H groups in total. The molecule has 0 bridgehead atoms. The van der Waals surface area contributed by atoms with Crippen LogP contribution in [0.25, 0.3) is 0 Å². The number of nitrogens with zero attached hydrogens (tertiary/aromatic N) is 2. The molecule has 0 saturated heterocycles. The van der Waals surface area contributed by atoms with Crippen LogP contribution >= 0.6 is 11.6 Å². The van der Waals surface area contributed by atoms with E-state index in [-0.39, 0.29) is 41.1 Å². The number of allylic oxidation sites excluding steroid dienone is 1. The molecule has 2 aromatic carbocycles. The first-order valence-corrected chi connectivity index (χ1v) is 12.5. The van der Waals surface area contributed by atoms with Crippen molar-refractivity contribution in [1.29, 1.82) is 5.26 Å². The van der Waals surface area contributed by atoms with Gasteiger partial charge in [-0.2, -0.15) is 10.4 Å². The van der Waals surface area contributed by atoms with Crippen LogP contribution in [0.2, 0.25) is 5.02 Å².